The zero-order valence-electron chi connectivity index (χ0n) is 16.9. The Balaban J connectivity index is 1.62. The number of aliphatic hydroxyl groups is 1. The van der Waals surface area contributed by atoms with E-state index in [1.165, 1.54) is 4.31 Å². The fourth-order valence-corrected chi connectivity index (χ4v) is 7.23. The third-order valence-electron chi connectivity index (χ3n) is 6.25. The predicted octanol–water partition coefficient (Wildman–Crippen LogP) is 2.98. The highest BCUT2D eigenvalue weighted by molar-refractivity contribution is 7.88. The topological polar surface area (TPSA) is 60.9 Å². The van der Waals surface area contributed by atoms with Crippen LogP contribution in [0.15, 0.2) is 60.7 Å². The van der Waals surface area contributed by atoms with Crippen LogP contribution in [0.25, 0.3) is 0 Å². The summed E-state index contributed by atoms with van der Waals surface area (Å²) in [7, 11) is -3.79. The minimum absolute atomic E-state index is 0.164. The van der Waals surface area contributed by atoms with Crippen LogP contribution in [0.2, 0.25) is 0 Å². The van der Waals surface area contributed by atoms with Gasteiger partial charge in [-0.15, -0.1) is 0 Å². The Morgan fingerprint density at radius 3 is 2.13 bits per heavy atom. The molecule has 4 rings (SSSR count). The molecule has 1 spiro atoms. The summed E-state index contributed by atoms with van der Waals surface area (Å²) in [6.45, 7) is -0.0820. The molecule has 31 heavy (non-hydrogen) atoms. The maximum Gasteiger partial charge on any atom is 0.390 e. The minimum atomic E-state index is -4.26. The smallest absolute Gasteiger partial charge is 0.390 e. The van der Waals surface area contributed by atoms with Gasteiger partial charge in [-0.1, -0.05) is 60.7 Å². The maximum absolute atomic E-state index is 13.4. The van der Waals surface area contributed by atoms with Crippen molar-refractivity contribution in [2.45, 2.75) is 35.8 Å². The molecule has 0 saturated carbocycles. The Kier molecular flexibility index (Phi) is 5.89. The quantitative estimate of drug-likeness (QED) is 0.699. The highest BCUT2D eigenvalue weighted by atomic mass is 32.2. The molecule has 0 radical (unpaired) electrons. The van der Waals surface area contributed by atoms with E-state index in [2.05, 4.69) is 0 Å². The lowest BCUT2D eigenvalue weighted by atomic mass is 9.63. The fourth-order valence-electron chi connectivity index (χ4n) is 5.10. The number of rotatable bonds is 7. The molecule has 9 heteroatoms. The van der Waals surface area contributed by atoms with Gasteiger partial charge in [-0.3, -0.25) is 4.90 Å². The van der Waals surface area contributed by atoms with Crippen LogP contribution >= 0.6 is 0 Å². The number of hydrogen-bond donors (Lipinski definition) is 1. The molecular weight excluding hydrogens is 429 g/mol. The van der Waals surface area contributed by atoms with Crippen LogP contribution in [0.1, 0.15) is 23.5 Å². The van der Waals surface area contributed by atoms with Crippen molar-refractivity contribution < 1.29 is 26.7 Å². The van der Waals surface area contributed by atoms with Crippen LogP contribution in [0, 0.1) is 0 Å². The first-order chi connectivity index (χ1) is 14.7. The largest absolute Gasteiger partial charge is 0.395 e. The molecule has 2 saturated heterocycles. The van der Waals surface area contributed by atoms with Crippen molar-refractivity contribution in [3.05, 3.63) is 71.8 Å². The Morgan fingerprint density at radius 2 is 1.58 bits per heavy atom. The van der Waals surface area contributed by atoms with Crippen LogP contribution < -0.4 is 0 Å². The van der Waals surface area contributed by atoms with Crippen LogP contribution in [-0.4, -0.2) is 66.7 Å². The maximum atomic E-state index is 13.4. The summed E-state index contributed by atoms with van der Waals surface area (Å²) in [5.41, 5.74) is 0.683. The molecule has 2 heterocycles. The monoisotopic (exact) mass is 454 g/mol. The summed E-state index contributed by atoms with van der Waals surface area (Å²) in [4.78, 5) is 1.64. The zero-order chi connectivity index (χ0) is 22.3. The summed E-state index contributed by atoms with van der Waals surface area (Å²) in [6.07, 6.45) is -5.19. The molecule has 0 unspecified atom stereocenters. The van der Waals surface area contributed by atoms with E-state index < -0.39 is 34.2 Å². The van der Waals surface area contributed by atoms with E-state index in [1.54, 1.807) is 35.2 Å². The van der Waals surface area contributed by atoms with Gasteiger partial charge in [0.05, 0.1) is 30.4 Å². The fraction of sp³-hybridized carbons (Fsp3) is 0.455. The highest BCUT2D eigenvalue weighted by Gasteiger charge is 2.69. The average Bonchev–Trinajstić information content (AvgIpc) is 2.66. The number of nitrogens with zero attached hydrogens (tertiary/aromatic N) is 2. The van der Waals surface area contributed by atoms with Gasteiger partial charge in [-0.25, -0.2) is 8.42 Å². The summed E-state index contributed by atoms with van der Waals surface area (Å²) < 4.78 is 66.1. The SMILES string of the molecule is O=S(=O)(Cc1ccccc1)N1[C@H](CO)[C@@H](c2ccccc2)C12CN(CCC(F)(F)F)C2. The summed E-state index contributed by atoms with van der Waals surface area (Å²) in [5, 5.41) is 10.1. The number of likely N-dealkylation sites (tertiary alicyclic amines) is 1. The molecule has 5 nitrogen and oxygen atoms in total. The molecule has 2 fully saturated rings. The number of alkyl halides is 3. The summed E-state index contributed by atoms with van der Waals surface area (Å²) >= 11 is 0. The molecule has 0 amide bonds. The average molecular weight is 455 g/mol. The molecule has 1 N–H and O–H groups in total. The number of sulfonamides is 1. The van der Waals surface area contributed by atoms with E-state index in [1.807, 2.05) is 30.3 Å². The first-order valence-corrected chi connectivity index (χ1v) is 11.8. The van der Waals surface area contributed by atoms with Crippen molar-refractivity contribution in [1.29, 1.82) is 0 Å². The third kappa shape index (κ3) is 4.24. The standard InChI is InChI=1S/C22H25F3N2O3S/c23-22(24,25)11-12-26-15-21(16-26)20(18-9-5-2-6-10-18)19(13-28)27(21)31(29,30)14-17-7-3-1-4-8-17/h1-10,19-20,28H,11-16H2/t19-,20-/m1/s1. The first kappa shape index (κ1) is 22.3. The van der Waals surface area contributed by atoms with E-state index in [0.717, 1.165) is 5.56 Å². The molecule has 168 valence electrons. The lowest BCUT2D eigenvalue weighted by Crippen LogP contribution is -2.85. The van der Waals surface area contributed by atoms with Crippen molar-refractivity contribution in [2.24, 2.45) is 0 Å². The Morgan fingerprint density at radius 1 is 1.00 bits per heavy atom. The van der Waals surface area contributed by atoms with E-state index >= 15 is 0 Å². The predicted molar refractivity (Wildman–Crippen MR) is 111 cm³/mol. The van der Waals surface area contributed by atoms with E-state index in [0.29, 0.717) is 5.56 Å². The second-order valence-corrected chi connectivity index (χ2v) is 10.2. The van der Waals surface area contributed by atoms with Crippen LogP contribution in [-0.2, 0) is 15.8 Å². The Hall–Kier alpha value is -1.94. The van der Waals surface area contributed by atoms with Gasteiger partial charge in [0.15, 0.2) is 0 Å². The molecule has 2 aromatic rings. The summed E-state index contributed by atoms with van der Waals surface area (Å²) in [5.74, 6) is -0.484. The van der Waals surface area contributed by atoms with Crippen molar-refractivity contribution in [3.63, 3.8) is 0 Å². The molecule has 2 aliphatic heterocycles. The molecule has 0 aromatic heterocycles. The van der Waals surface area contributed by atoms with Gasteiger partial charge in [0.25, 0.3) is 0 Å². The van der Waals surface area contributed by atoms with Crippen molar-refractivity contribution >= 4 is 10.0 Å². The number of halogens is 3. The molecular formula is C22H25F3N2O3S. The van der Waals surface area contributed by atoms with Gasteiger partial charge < -0.3 is 5.11 Å². The highest BCUT2D eigenvalue weighted by Crippen LogP contribution is 2.55. The van der Waals surface area contributed by atoms with Gasteiger partial charge in [0, 0.05) is 25.6 Å². The van der Waals surface area contributed by atoms with E-state index in [4.69, 9.17) is 0 Å². The van der Waals surface area contributed by atoms with Gasteiger partial charge in [0.2, 0.25) is 10.0 Å². The van der Waals surface area contributed by atoms with Crippen molar-refractivity contribution in [1.82, 2.24) is 9.21 Å². The van der Waals surface area contributed by atoms with Gasteiger partial charge in [-0.05, 0) is 11.1 Å². The second-order valence-electron chi connectivity index (χ2n) is 8.36. The normalized spacial score (nSPS) is 24.0. The van der Waals surface area contributed by atoms with Crippen molar-refractivity contribution in [2.75, 3.05) is 26.2 Å². The van der Waals surface area contributed by atoms with Gasteiger partial charge in [0.1, 0.15) is 0 Å². The number of benzene rings is 2. The first-order valence-electron chi connectivity index (χ1n) is 10.2. The third-order valence-corrected chi connectivity index (χ3v) is 8.18. The van der Waals surface area contributed by atoms with E-state index in [9.17, 15) is 26.7 Å². The Bertz CT molecular complexity index is 994. The Labute approximate surface area is 180 Å². The minimum Gasteiger partial charge on any atom is -0.395 e. The van der Waals surface area contributed by atoms with Gasteiger partial charge >= 0.3 is 6.18 Å². The van der Waals surface area contributed by atoms with E-state index in [-0.39, 0.29) is 37.9 Å². The molecule has 0 aliphatic carbocycles. The molecule has 2 aromatic carbocycles. The second kappa shape index (κ2) is 8.20. The van der Waals surface area contributed by atoms with Gasteiger partial charge in [-0.2, -0.15) is 17.5 Å². The molecule has 0 bridgehead atoms. The van der Waals surface area contributed by atoms with Crippen LogP contribution in [0.4, 0.5) is 13.2 Å². The number of aliphatic hydroxyl groups excluding tert-OH is 1. The molecule has 2 atom stereocenters. The lowest BCUT2D eigenvalue weighted by Gasteiger charge is -2.69. The van der Waals surface area contributed by atoms with Crippen LogP contribution in [0.5, 0.6) is 0 Å². The van der Waals surface area contributed by atoms with Crippen LogP contribution in [0.3, 0.4) is 0 Å². The van der Waals surface area contributed by atoms with Crippen molar-refractivity contribution in [3.8, 4) is 0 Å². The molecule has 2 aliphatic rings. The lowest BCUT2D eigenvalue weighted by molar-refractivity contribution is -0.167. The number of hydrogen-bond acceptors (Lipinski definition) is 4. The summed E-state index contributed by atoms with van der Waals surface area (Å²) in [6, 6.07) is 17.4. The zero-order valence-corrected chi connectivity index (χ0v) is 17.7.